The summed E-state index contributed by atoms with van der Waals surface area (Å²) in [5, 5.41) is 0. The molecule has 7 heteroatoms. The first-order chi connectivity index (χ1) is 18.3. The Morgan fingerprint density at radius 3 is 2.38 bits per heavy atom. The van der Waals surface area contributed by atoms with Crippen LogP contribution in [0.2, 0.25) is 0 Å². The predicted molar refractivity (Wildman–Crippen MR) is 153 cm³/mol. The van der Waals surface area contributed by atoms with Crippen LogP contribution in [0.3, 0.4) is 0 Å². The van der Waals surface area contributed by atoms with Gasteiger partial charge in [-0.15, -0.1) is 0 Å². The monoisotopic (exact) mass is 540 g/mol. The molecule has 3 rings (SSSR count). The average molecular weight is 541 g/mol. The zero-order chi connectivity index (χ0) is 28.9. The van der Waals surface area contributed by atoms with Gasteiger partial charge in [0, 0.05) is 32.4 Å². The highest BCUT2D eigenvalue weighted by Crippen LogP contribution is 2.36. The van der Waals surface area contributed by atoms with E-state index in [1.165, 1.54) is 16.0 Å². The Hall–Kier alpha value is -2.70. The molecule has 1 aromatic rings. The standard InChI is InChI=1S/C32H48N2O5/c1-21(2)26(20-28(35)22(3)33(7)31(38)39-32(4,5)6)30(37)34-18-11-10-17-27(34)29(36)19-24-15-12-14-23-13-8-9-16-25(23)24/h8-9,13,16,21-22,24,26-27H,10-12,14-15,17-20H2,1-7H3/t22-,24-,26-,27-/m0/s1. The molecule has 1 heterocycles. The van der Waals surface area contributed by atoms with E-state index < -0.39 is 29.7 Å². The van der Waals surface area contributed by atoms with E-state index in [2.05, 4.69) is 18.2 Å². The summed E-state index contributed by atoms with van der Waals surface area (Å²) in [6, 6.07) is 7.26. The number of carbonyl (C=O) groups is 4. The molecule has 1 aliphatic heterocycles. The van der Waals surface area contributed by atoms with Crippen LogP contribution in [0, 0.1) is 11.8 Å². The molecule has 0 radical (unpaired) electrons. The minimum absolute atomic E-state index is 0.0260. The van der Waals surface area contributed by atoms with Crippen molar-refractivity contribution < 1.29 is 23.9 Å². The number of hydrogen-bond acceptors (Lipinski definition) is 5. The molecular formula is C32H48N2O5. The number of amides is 2. The number of piperidine rings is 1. The number of fused-ring (bicyclic) bond motifs is 1. The third-order valence-electron chi connectivity index (χ3n) is 8.37. The lowest BCUT2D eigenvalue weighted by molar-refractivity contribution is -0.147. The number of ketones is 2. The Kier molecular flexibility index (Phi) is 10.4. The molecule has 0 N–H and O–H groups in total. The lowest BCUT2D eigenvalue weighted by atomic mass is 9.78. The Bertz CT molecular complexity index is 1040. The minimum atomic E-state index is -0.723. The molecule has 1 aliphatic carbocycles. The van der Waals surface area contributed by atoms with Crippen LogP contribution >= 0.6 is 0 Å². The number of aryl methyl sites for hydroxylation is 1. The van der Waals surface area contributed by atoms with E-state index in [0.717, 1.165) is 32.1 Å². The SMILES string of the molecule is CC(C)[C@H](CC(=O)[C@H](C)N(C)C(=O)OC(C)(C)C)C(=O)N1CCCC[C@H]1C(=O)C[C@@H]1CCCc2ccccc21. The zero-order valence-electron chi connectivity index (χ0n) is 25.0. The van der Waals surface area contributed by atoms with Crippen LogP contribution in [0.25, 0.3) is 0 Å². The molecule has 0 aromatic heterocycles. The average Bonchev–Trinajstić information content (AvgIpc) is 2.89. The van der Waals surface area contributed by atoms with E-state index in [1.54, 1.807) is 39.6 Å². The first-order valence-corrected chi connectivity index (χ1v) is 14.7. The second-order valence-electron chi connectivity index (χ2n) is 12.8. The molecule has 1 fully saturated rings. The van der Waals surface area contributed by atoms with Gasteiger partial charge in [0.05, 0.1) is 12.1 Å². The van der Waals surface area contributed by atoms with Crippen LogP contribution in [0.15, 0.2) is 24.3 Å². The second-order valence-corrected chi connectivity index (χ2v) is 12.8. The summed E-state index contributed by atoms with van der Waals surface area (Å²) in [6.07, 6.45) is 5.50. The van der Waals surface area contributed by atoms with Crippen LogP contribution in [0.4, 0.5) is 4.79 Å². The smallest absolute Gasteiger partial charge is 0.410 e. The maximum atomic E-state index is 13.9. The maximum absolute atomic E-state index is 13.9. The van der Waals surface area contributed by atoms with Crippen LogP contribution in [-0.2, 0) is 25.5 Å². The summed E-state index contributed by atoms with van der Waals surface area (Å²) in [5.41, 5.74) is 1.95. The van der Waals surface area contributed by atoms with Crippen molar-refractivity contribution in [3.05, 3.63) is 35.4 Å². The summed E-state index contributed by atoms with van der Waals surface area (Å²) in [6.45, 7) is 11.4. The van der Waals surface area contributed by atoms with E-state index in [0.29, 0.717) is 19.4 Å². The molecule has 7 nitrogen and oxygen atoms in total. The Morgan fingerprint density at radius 1 is 1.03 bits per heavy atom. The molecular weight excluding hydrogens is 492 g/mol. The van der Waals surface area contributed by atoms with Gasteiger partial charge in [-0.1, -0.05) is 38.1 Å². The van der Waals surface area contributed by atoms with Crippen molar-refractivity contribution in [1.29, 1.82) is 0 Å². The van der Waals surface area contributed by atoms with E-state index in [9.17, 15) is 19.2 Å². The highest BCUT2D eigenvalue weighted by molar-refractivity contribution is 5.94. The van der Waals surface area contributed by atoms with Gasteiger partial charge in [-0.25, -0.2) is 4.79 Å². The molecule has 4 atom stereocenters. The van der Waals surface area contributed by atoms with Gasteiger partial charge in [-0.05, 0) is 89.2 Å². The van der Waals surface area contributed by atoms with Gasteiger partial charge in [-0.2, -0.15) is 0 Å². The van der Waals surface area contributed by atoms with Crippen molar-refractivity contribution >= 4 is 23.6 Å². The van der Waals surface area contributed by atoms with Crippen molar-refractivity contribution in [3.63, 3.8) is 0 Å². The highest BCUT2D eigenvalue weighted by Gasteiger charge is 2.39. The molecule has 2 aliphatic rings. The molecule has 216 valence electrons. The second kappa shape index (κ2) is 13.1. The van der Waals surface area contributed by atoms with Gasteiger partial charge in [-0.3, -0.25) is 14.4 Å². The number of nitrogens with zero attached hydrogens (tertiary/aromatic N) is 2. The largest absolute Gasteiger partial charge is 0.444 e. The molecule has 1 saturated heterocycles. The molecule has 0 saturated carbocycles. The molecule has 2 amide bonds. The predicted octanol–water partition coefficient (Wildman–Crippen LogP) is 5.93. The van der Waals surface area contributed by atoms with E-state index in [-0.39, 0.29) is 35.7 Å². The van der Waals surface area contributed by atoms with Gasteiger partial charge in [0.1, 0.15) is 5.60 Å². The molecule has 39 heavy (non-hydrogen) atoms. The normalized spacial score (nSPS) is 21.1. The van der Waals surface area contributed by atoms with Crippen molar-refractivity contribution in [2.24, 2.45) is 11.8 Å². The van der Waals surface area contributed by atoms with Gasteiger partial charge in [0.15, 0.2) is 11.6 Å². The Labute approximate surface area is 234 Å². The number of rotatable bonds is 9. The fourth-order valence-corrected chi connectivity index (χ4v) is 5.89. The number of Topliss-reactive ketones (excluding diaryl/α,β-unsaturated/α-hetero) is 2. The highest BCUT2D eigenvalue weighted by atomic mass is 16.6. The quantitative estimate of drug-likeness (QED) is 0.387. The number of likely N-dealkylation sites (N-methyl/N-ethyl adjacent to an activating group) is 1. The summed E-state index contributed by atoms with van der Waals surface area (Å²) in [4.78, 5) is 56.4. The van der Waals surface area contributed by atoms with Crippen molar-refractivity contribution in [2.75, 3.05) is 13.6 Å². The van der Waals surface area contributed by atoms with E-state index >= 15 is 0 Å². The topological polar surface area (TPSA) is 84.0 Å². The van der Waals surface area contributed by atoms with Crippen LogP contribution in [0.1, 0.15) is 104 Å². The van der Waals surface area contributed by atoms with Gasteiger partial charge >= 0.3 is 6.09 Å². The number of carbonyl (C=O) groups excluding carboxylic acids is 4. The summed E-state index contributed by atoms with van der Waals surface area (Å²) < 4.78 is 5.41. The summed E-state index contributed by atoms with van der Waals surface area (Å²) >= 11 is 0. The van der Waals surface area contributed by atoms with E-state index in [4.69, 9.17) is 4.74 Å². The van der Waals surface area contributed by atoms with Crippen molar-refractivity contribution in [2.45, 2.75) is 117 Å². The fraction of sp³-hybridized carbons (Fsp3) is 0.688. The lowest BCUT2D eigenvalue weighted by Crippen LogP contribution is -2.52. The first kappa shape index (κ1) is 30.8. The third-order valence-corrected chi connectivity index (χ3v) is 8.37. The maximum Gasteiger partial charge on any atom is 0.410 e. The zero-order valence-corrected chi connectivity index (χ0v) is 25.0. The molecule has 0 unspecified atom stereocenters. The minimum Gasteiger partial charge on any atom is -0.444 e. The molecule has 0 bridgehead atoms. The summed E-state index contributed by atoms with van der Waals surface area (Å²) in [7, 11) is 1.55. The van der Waals surface area contributed by atoms with Gasteiger partial charge < -0.3 is 14.5 Å². The first-order valence-electron chi connectivity index (χ1n) is 14.7. The fourth-order valence-electron chi connectivity index (χ4n) is 5.89. The number of ether oxygens (including phenoxy) is 1. The number of benzene rings is 1. The summed E-state index contributed by atoms with van der Waals surface area (Å²) in [5.74, 6) is -0.592. The molecule has 1 aromatic carbocycles. The van der Waals surface area contributed by atoms with E-state index in [1.807, 2.05) is 19.9 Å². The van der Waals surface area contributed by atoms with Gasteiger partial charge in [0.2, 0.25) is 5.91 Å². The van der Waals surface area contributed by atoms with Crippen molar-refractivity contribution in [3.8, 4) is 0 Å². The van der Waals surface area contributed by atoms with Crippen LogP contribution in [0.5, 0.6) is 0 Å². The third kappa shape index (κ3) is 7.92. The van der Waals surface area contributed by atoms with Gasteiger partial charge in [0.25, 0.3) is 0 Å². The van der Waals surface area contributed by atoms with Crippen LogP contribution in [-0.4, -0.2) is 64.6 Å². The Morgan fingerprint density at radius 2 is 1.72 bits per heavy atom. The number of hydrogen-bond donors (Lipinski definition) is 0. The van der Waals surface area contributed by atoms with Crippen molar-refractivity contribution in [1.82, 2.24) is 9.80 Å². The number of likely N-dealkylation sites (tertiary alicyclic amines) is 1. The van der Waals surface area contributed by atoms with Crippen LogP contribution < -0.4 is 0 Å². The molecule has 0 spiro atoms. The lowest BCUT2D eigenvalue weighted by Gasteiger charge is -2.39. The Balaban J connectivity index is 1.70.